The predicted molar refractivity (Wildman–Crippen MR) is 76.8 cm³/mol. The third kappa shape index (κ3) is 4.17. The Bertz CT molecular complexity index is 754. The summed E-state index contributed by atoms with van der Waals surface area (Å²) in [4.78, 5) is 39.5. The first kappa shape index (κ1) is 17.4. The summed E-state index contributed by atoms with van der Waals surface area (Å²) in [5, 5.41) is 17.5. The maximum absolute atomic E-state index is 12.0. The van der Waals surface area contributed by atoms with Gasteiger partial charge < -0.3 is 26.7 Å². The highest BCUT2D eigenvalue weighted by Crippen LogP contribution is 2.00. The van der Waals surface area contributed by atoms with Crippen LogP contribution in [-0.2, 0) is 13.6 Å². The summed E-state index contributed by atoms with van der Waals surface area (Å²) in [7, 11) is 1.53. The highest BCUT2D eigenvalue weighted by atomic mass is 16.5. The van der Waals surface area contributed by atoms with Gasteiger partial charge in [0.15, 0.2) is 11.9 Å². The number of primary amides is 2. The van der Waals surface area contributed by atoms with Gasteiger partial charge in [0.2, 0.25) is 0 Å². The van der Waals surface area contributed by atoms with E-state index in [-0.39, 0.29) is 18.5 Å². The van der Waals surface area contributed by atoms with Crippen molar-refractivity contribution in [2.45, 2.75) is 25.7 Å². The van der Waals surface area contributed by atoms with Crippen LogP contribution in [0.15, 0.2) is 15.9 Å². The average Bonchev–Trinajstić information content (AvgIpc) is 2.89. The zero-order chi connectivity index (χ0) is 16.9. The van der Waals surface area contributed by atoms with Gasteiger partial charge >= 0.3 is 11.7 Å². The smallest absolute Gasteiger partial charge is 0.332 e. The Hall–Kier alpha value is -2.66. The van der Waals surface area contributed by atoms with Crippen molar-refractivity contribution in [2.24, 2.45) is 18.5 Å². The number of nitrogens with zero attached hydrogens (tertiary/aromatic N) is 3. The molecule has 0 fully saturated rings. The molecule has 0 aliphatic carbocycles. The summed E-state index contributed by atoms with van der Waals surface area (Å²) in [5.41, 5.74) is 8.16. The fourth-order valence-corrected chi connectivity index (χ4v) is 1.82. The monoisotopic (exact) mass is 314 g/mol. The molecule has 0 aromatic carbocycles. The molecule has 0 unspecified atom stereocenters. The predicted octanol–water partition coefficient (Wildman–Crippen LogP) is -2.46. The van der Waals surface area contributed by atoms with Crippen LogP contribution in [0.5, 0.6) is 0 Å². The number of nitrogens with one attached hydrogen (secondary N) is 1. The van der Waals surface area contributed by atoms with Gasteiger partial charge in [-0.05, 0) is 12.8 Å². The van der Waals surface area contributed by atoms with E-state index in [2.05, 4.69) is 21.4 Å². The summed E-state index contributed by atoms with van der Waals surface area (Å²) in [6, 6.07) is -0.833. The number of urea groups is 1. The number of hydrogen-bond acceptors (Lipinski definition) is 6. The molecule has 0 saturated heterocycles. The fourth-order valence-electron chi connectivity index (χ4n) is 1.82. The number of carbonyl (C=O) groups is 1. The second-order valence-electron chi connectivity index (χ2n) is 4.42. The first-order valence-corrected chi connectivity index (χ1v) is 6.29. The minimum Gasteiger partial charge on any atom is -0.368 e. The van der Waals surface area contributed by atoms with Gasteiger partial charge in [-0.15, -0.1) is 0 Å². The number of aromatic nitrogens is 4. The van der Waals surface area contributed by atoms with Crippen molar-refractivity contribution in [1.29, 1.82) is 0 Å². The van der Waals surface area contributed by atoms with E-state index < -0.39 is 23.6 Å². The van der Waals surface area contributed by atoms with Crippen LogP contribution in [0.2, 0.25) is 0 Å². The number of nitrogens with two attached hydrogens (primary N) is 2. The summed E-state index contributed by atoms with van der Waals surface area (Å²) < 4.78 is 2.34. The van der Waals surface area contributed by atoms with Crippen molar-refractivity contribution >= 4 is 17.2 Å². The molecule has 0 spiro atoms. The van der Waals surface area contributed by atoms with Gasteiger partial charge in [0.05, 0.1) is 6.33 Å². The van der Waals surface area contributed by atoms with E-state index >= 15 is 0 Å². The zero-order valence-corrected chi connectivity index (χ0v) is 11.9. The highest BCUT2D eigenvalue weighted by Gasteiger charge is 2.12. The van der Waals surface area contributed by atoms with Crippen molar-refractivity contribution in [3.05, 3.63) is 27.2 Å². The van der Waals surface area contributed by atoms with Gasteiger partial charge in [-0.3, -0.25) is 13.9 Å². The molecule has 22 heavy (non-hydrogen) atoms. The molecule has 2 rings (SSSR count). The van der Waals surface area contributed by atoms with E-state index in [4.69, 9.17) is 15.0 Å². The Morgan fingerprint density at radius 1 is 1.41 bits per heavy atom. The van der Waals surface area contributed by atoms with E-state index in [0.717, 1.165) is 4.57 Å². The Balaban J connectivity index is 0.000000541. The van der Waals surface area contributed by atoms with Gasteiger partial charge in [0.25, 0.3) is 5.56 Å². The number of aliphatic hydroxyl groups excluding tert-OH is 1. The van der Waals surface area contributed by atoms with Crippen molar-refractivity contribution in [3.8, 4) is 0 Å². The lowest BCUT2D eigenvalue weighted by molar-refractivity contribution is -0.0469. The molecular weight excluding hydrogens is 296 g/mol. The van der Waals surface area contributed by atoms with Crippen molar-refractivity contribution in [2.75, 3.05) is 0 Å². The van der Waals surface area contributed by atoms with Crippen LogP contribution in [0.4, 0.5) is 4.79 Å². The number of fused-ring (bicyclic) bond motifs is 1. The van der Waals surface area contributed by atoms with E-state index in [1.54, 1.807) is 0 Å². The number of imidazole rings is 1. The highest BCUT2D eigenvalue weighted by molar-refractivity contribution is 5.69. The molecule has 2 aromatic rings. The number of amides is 2. The Morgan fingerprint density at radius 3 is 2.55 bits per heavy atom. The number of aryl methyl sites for hydroxylation is 1. The van der Waals surface area contributed by atoms with Crippen molar-refractivity contribution < 1.29 is 15.0 Å². The number of H-pyrrole nitrogens is 1. The first-order chi connectivity index (χ1) is 10.3. The topological polar surface area (TPSA) is 182 Å². The van der Waals surface area contributed by atoms with Gasteiger partial charge in [-0.2, -0.15) is 0 Å². The molecule has 7 N–H and O–H groups in total. The summed E-state index contributed by atoms with van der Waals surface area (Å²) >= 11 is 0. The Morgan fingerprint density at radius 2 is 2.00 bits per heavy atom. The van der Waals surface area contributed by atoms with Crippen molar-refractivity contribution in [1.82, 2.24) is 19.1 Å². The lowest BCUT2D eigenvalue weighted by Crippen LogP contribution is -2.39. The van der Waals surface area contributed by atoms with Gasteiger partial charge in [0.1, 0.15) is 5.52 Å². The molecule has 2 heterocycles. The van der Waals surface area contributed by atoms with Crippen molar-refractivity contribution in [3.63, 3.8) is 0 Å². The van der Waals surface area contributed by atoms with Crippen LogP contribution in [0.3, 0.4) is 0 Å². The van der Waals surface area contributed by atoms with E-state index in [1.807, 2.05) is 0 Å². The average molecular weight is 314 g/mol. The maximum Gasteiger partial charge on any atom is 0.332 e. The second kappa shape index (κ2) is 7.38. The van der Waals surface area contributed by atoms with Crippen LogP contribution in [-0.4, -0.2) is 41.6 Å². The molecule has 0 bridgehead atoms. The Labute approximate surface area is 123 Å². The van der Waals surface area contributed by atoms with E-state index in [1.165, 1.54) is 17.9 Å². The fraction of sp³-hybridized carbons (Fsp3) is 0.455. The third-order valence-corrected chi connectivity index (χ3v) is 2.76. The molecule has 11 nitrogen and oxygen atoms in total. The molecule has 0 atom stereocenters. The molecule has 0 aliphatic heterocycles. The number of aliphatic hydroxyl groups is 2. The molecule has 0 radical (unpaired) electrons. The number of rotatable bonds is 4. The summed E-state index contributed by atoms with van der Waals surface area (Å²) in [6.07, 6.45) is 0.358. The standard InChI is InChI=1S/C10H14N4O4.CH4N2O/c1-13-8-7(11-5-12-8)9(17)14(10(13)18)4-2-3-6(15)16;2-1(3)4/h5-6,15-16H,2-4H2,1H3,(H,11,12);(H4,2,3,4). The normalized spacial score (nSPS) is 10.5. The van der Waals surface area contributed by atoms with Crippen LogP contribution in [0.25, 0.3) is 11.2 Å². The van der Waals surface area contributed by atoms with Crippen LogP contribution >= 0.6 is 0 Å². The lowest BCUT2D eigenvalue weighted by Gasteiger charge is -2.08. The summed E-state index contributed by atoms with van der Waals surface area (Å²) in [6.45, 7) is 0.137. The molecule has 0 saturated carbocycles. The third-order valence-electron chi connectivity index (χ3n) is 2.76. The minimum atomic E-state index is -1.43. The van der Waals surface area contributed by atoms with Crippen LogP contribution in [0.1, 0.15) is 12.8 Å². The molecule has 0 aliphatic rings. The van der Waals surface area contributed by atoms with Crippen LogP contribution in [0, 0.1) is 0 Å². The van der Waals surface area contributed by atoms with Gasteiger partial charge in [-0.25, -0.2) is 14.6 Å². The van der Waals surface area contributed by atoms with Crippen LogP contribution < -0.4 is 22.7 Å². The quantitative estimate of drug-likeness (QED) is 0.390. The lowest BCUT2D eigenvalue weighted by atomic mass is 10.3. The van der Waals surface area contributed by atoms with Gasteiger partial charge in [-0.1, -0.05) is 0 Å². The van der Waals surface area contributed by atoms with E-state index in [0.29, 0.717) is 12.1 Å². The van der Waals surface area contributed by atoms with E-state index in [9.17, 15) is 9.59 Å². The molecular formula is C11H18N6O5. The molecule has 11 heteroatoms. The SMILES string of the molecule is Cn1c(=O)n(CCCC(O)O)c(=O)c2[nH]cnc21.NC(N)=O. The first-order valence-electron chi connectivity index (χ1n) is 6.29. The number of aromatic amines is 1. The largest absolute Gasteiger partial charge is 0.368 e. The summed E-state index contributed by atoms with van der Waals surface area (Å²) in [5.74, 6) is 0. The maximum atomic E-state index is 12.0. The number of carbonyl (C=O) groups excluding carboxylic acids is 1. The molecule has 2 aromatic heterocycles. The minimum absolute atomic E-state index is 0.108. The second-order valence-corrected chi connectivity index (χ2v) is 4.42. The molecule has 2 amide bonds. The Kier molecular flexibility index (Phi) is 5.83. The van der Waals surface area contributed by atoms with Gasteiger partial charge in [0, 0.05) is 13.6 Å². The molecule has 122 valence electrons. The zero-order valence-electron chi connectivity index (χ0n) is 11.9. The number of hydrogen-bond donors (Lipinski definition) is 5.